The Kier molecular flexibility index (Phi) is 13.3. The van der Waals surface area contributed by atoms with Crippen molar-refractivity contribution in [2.24, 2.45) is 0 Å². The molecule has 0 atom stereocenters. The van der Waals surface area contributed by atoms with Gasteiger partial charge in [0, 0.05) is 0 Å². The Morgan fingerprint density at radius 1 is 1.67 bits per heavy atom. The third-order valence-electron chi connectivity index (χ3n) is 0. The first-order valence-electron chi connectivity index (χ1n) is 0.748. The van der Waals surface area contributed by atoms with Crippen molar-refractivity contribution in [3.63, 3.8) is 0 Å². The van der Waals surface area contributed by atoms with Crippen LogP contribution < -0.4 is 5.90 Å². The average Bonchev–Trinajstić information content (AvgIpc) is 1.41. The molecule has 0 heterocycles. The number of hydrogen-bond donors (Lipinski definition) is 1. The summed E-state index contributed by atoms with van der Waals surface area (Å²) in [6.07, 6.45) is 0. The van der Waals surface area contributed by atoms with E-state index >= 15 is 0 Å². The summed E-state index contributed by atoms with van der Waals surface area (Å²) >= 11 is 0. The molecule has 0 aliphatic carbocycles. The van der Waals surface area contributed by atoms with Crippen LogP contribution in [0, 0.1) is 15.3 Å². The topological polar surface area (TPSA) is 109 Å². The first-order chi connectivity index (χ1) is 2.73. The summed E-state index contributed by atoms with van der Waals surface area (Å²) in [7, 11) is 0. The second kappa shape index (κ2) is 8.92. The summed E-state index contributed by atoms with van der Waals surface area (Å²) in [4.78, 5) is 8.36. The van der Waals surface area contributed by atoms with E-state index in [2.05, 4.69) is 0 Å². The molecule has 0 spiro atoms. The standard InChI is InChI=1S/HNO3.NO/c2-1(3)4;1-2/h(H,2,3,4);. The van der Waals surface area contributed by atoms with Gasteiger partial charge in [-0.2, -0.15) is 0 Å². The predicted molar refractivity (Wildman–Crippen MR) is 14.3 cm³/mol. The average molecular weight is 93.0 g/mol. The molecule has 6 heteroatoms. The van der Waals surface area contributed by atoms with Gasteiger partial charge in [0.05, 0.1) is 0 Å². The Morgan fingerprint density at radius 2 is 1.67 bits per heavy atom. The van der Waals surface area contributed by atoms with Crippen molar-refractivity contribution in [1.82, 2.24) is 5.90 Å². The summed E-state index contributed by atoms with van der Waals surface area (Å²) in [6, 6.07) is 0. The quantitative estimate of drug-likeness (QED) is 0.312. The summed E-state index contributed by atoms with van der Waals surface area (Å²) in [5, 5.41) is 20.9. The molecule has 0 saturated heterocycles. The lowest BCUT2D eigenvalue weighted by Crippen LogP contribution is -1.81. The summed E-state index contributed by atoms with van der Waals surface area (Å²) < 4.78 is 0. The maximum absolute atomic E-state index is 8.36. The molecule has 0 bridgehead atoms. The van der Waals surface area contributed by atoms with E-state index in [0.29, 0.717) is 0 Å². The van der Waals surface area contributed by atoms with Crippen LogP contribution in [0.15, 0.2) is 0 Å². The Balaban J connectivity index is 0. The molecule has 0 amide bonds. The van der Waals surface area contributed by atoms with Gasteiger partial charge in [0.15, 0.2) is 0 Å². The van der Waals surface area contributed by atoms with Crippen LogP contribution in [0.1, 0.15) is 0 Å². The van der Waals surface area contributed by atoms with Gasteiger partial charge < -0.3 is 10.4 Å². The molecule has 0 unspecified atom stereocenters. The van der Waals surface area contributed by atoms with Crippen molar-refractivity contribution in [3.05, 3.63) is 15.3 Å². The minimum Gasteiger partial charge on any atom is -0.442 e. The van der Waals surface area contributed by atoms with Crippen molar-refractivity contribution in [3.8, 4) is 0 Å². The van der Waals surface area contributed by atoms with Crippen molar-refractivity contribution < 1.29 is 10.3 Å². The molecule has 0 fully saturated rings. The summed E-state index contributed by atoms with van der Waals surface area (Å²) in [6.45, 7) is 0. The highest BCUT2D eigenvalue weighted by molar-refractivity contribution is 3.93. The Hall–Kier alpha value is -0.880. The van der Waals surface area contributed by atoms with Crippen molar-refractivity contribution in [2.75, 3.05) is 0 Å². The molecule has 0 saturated carbocycles. The van der Waals surface area contributed by atoms with E-state index in [1.54, 1.807) is 0 Å². The second-order valence-electron chi connectivity index (χ2n) is 0.238. The molecule has 3 radical (unpaired) electrons. The fourth-order valence-electron chi connectivity index (χ4n) is 0. The number of nitrogens with zero attached hydrogens (tertiary/aromatic N) is 2. The highest BCUT2D eigenvalue weighted by Crippen LogP contribution is 1.38. The molecule has 0 rings (SSSR count). The van der Waals surface area contributed by atoms with Gasteiger partial charge in [-0.15, -0.1) is 10.1 Å². The van der Waals surface area contributed by atoms with Gasteiger partial charge in [0.2, 0.25) is 0 Å². The van der Waals surface area contributed by atoms with Crippen molar-refractivity contribution in [2.45, 2.75) is 0 Å². The lowest BCUT2D eigenvalue weighted by Gasteiger charge is -1.56. The molecule has 0 aromatic carbocycles. The van der Waals surface area contributed by atoms with E-state index in [1.165, 1.54) is 0 Å². The third-order valence-corrected chi connectivity index (χ3v) is 0. The number of hydrogen-bond acceptors (Lipinski definition) is 3. The van der Waals surface area contributed by atoms with E-state index in [4.69, 9.17) is 26.4 Å². The largest absolute Gasteiger partial charge is 0.442 e. The van der Waals surface area contributed by atoms with Crippen LogP contribution in [-0.4, -0.2) is 10.3 Å². The number of rotatable bonds is 0. The van der Waals surface area contributed by atoms with Crippen molar-refractivity contribution in [1.29, 1.82) is 0 Å². The minimum atomic E-state index is -1.50. The van der Waals surface area contributed by atoms with Gasteiger partial charge in [0.25, 0.3) is 5.09 Å². The predicted octanol–water partition coefficient (Wildman–Crippen LogP) is -0.795. The van der Waals surface area contributed by atoms with Crippen LogP contribution in [0.25, 0.3) is 0 Å². The van der Waals surface area contributed by atoms with Crippen LogP contribution in [0.3, 0.4) is 0 Å². The van der Waals surface area contributed by atoms with E-state index in [1.807, 2.05) is 0 Å². The zero-order chi connectivity index (χ0) is 5.58. The maximum atomic E-state index is 8.36. The van der Waals surface area contributed by atoms with Gasteiger partial charge in [-0.25, -0.2) is 0 Å². The third kappa shape index (κ3) is 18.1. The molecule has 0 aliphatic heterocycles. The van der Waals surface area contributed by atoms with Gasteiger partial charge in [-0.1, -0.05) is 0 Å². The molecule has 0 aromatic heterocycles. The van der Waals surface area contributed by atoms with Gasteiger partial charge in [-0.05, 0) is 0 Å². The summed E-state index contributed by atoms with van der Waals surface area (Å²) in [5.41, 5.74) is 0. The van der Waals surface area contributed by atoms with Crippen LogP contribution in [0.4, 0.5) is 0 Å². The zero-order valence-corrected chi connectivity index (χ0v) is 2.57. The lowest BCUT2D eigenvalue weighted by atomic mass is 13.1. The lowest BCUT2D eigenvalue weighted by molar-refractivity contribution is -0.742. The molecule has 0 aromatic rings. The summed E-state index contributed by atoms with van der Waals surface area (Å²) in [5.74, 6) is 5.75. The molecule has 6 nitrogen and oxygen atoms in total. The normalized spacial score (nSPS) is 5.00. The van der Waals surface area contributed by atoms with E-state index in [-0.39, 0.29) is 0 Å². The van der Waals surface area contributed by atoms with Gasteiger partial charge in [-0.3, -0.25) is 0 Å². The Bertz CT molecular complexity index is 28.5. The minimum absolute atomic E-state index is 1.50. The van der Waals surface area contributed by atoms with Crippen LogP contribution in [0.2, 0.25) is 0 Å². The maximum Gasteiger partial charge on any atom is 0.442 e. The molecule has 0 aliphatic rings. The van der Waals surface area contributed by atoms with Gasteiger partial charge >= 0.3 is 5.90 Å². The molecule has 1 N–H and O–H groups in total. The fraction of sp³-hybridized carbons (Fsp3) is 0. The van der Waals surface area contributed by atoms with Crippen molar-refractivity contribution >= 4 is 0 Å². The van der Waals surface area contributed by atoms with E-state index in [0.717, 1.165) is 0 Å². The van der Waals surface area contributed by atoms with Crippen LogP contribution in [0.5, 0.6) is 0 Å². The van der Waals surface area contributed by atoms with E-state index in [9.17, 15) is 0 Å². The van der Waals surface area contributed by atoms with Gasteiger partial charge in [0.1, 0.15) is 0 Å². The van der Waals surface area contributed by atoms with E-state index < -0.39 is 5.09 Å². The zero-order valence-electron chi connectivity index (χ0n) is 2.57. The Labute approximate surface area is 32.9 Å². The molecular weight excluding hydrogens is 92.0 g/mol. The molecule has 6 heavy (non-hydrogen) atoms. The highest BCUT2D eigenvalue weighted by Gasteiger charge is 1.65. The smallest absolute Gasteiger partial charge is 0.442 e. The first kappa shape index (κ1) is 8.93. The fourth-order valence-corrected chi connectivity index (χ4v) is 0. The monoisotopic (exact) mass is 93.0 g/mol. The Morgan fingerprint density at radius 3 is 1.67 bits per heavy atom. The highest BCUT2D eigenvalue weighted by atomic mass is 16.9. The molecule has 35 valence electrons. The molecular formula is HN2O4. The second-order valence-corrected chi connectivity index (χ2v) is 0.238. The van der Waals surface area contributed by atoms with Crippen LogP contribution in [-0.2, 0) is 0 Å². The SMILES string of the molecule is O=[N+]([O-])O.[N+][O-]. The van der Waals surface area contributed by atoms with Crippen LogP contribution >= 0.6 is 0 Å². The first-order valence-corrected chi connectivity index (χ1v) is 0.748.